The van der Waals surface area contributed by atoms with Crippen molar-refractivity contribution in [2.75, 3.05) is 45.4 Å². The summed E-state index contributed by atoms with van der Waals surface area (Å²) >= 11 is 1.30. The minimum absolute atomic E-state index is 0.0745. The SMILES string of the molecule is COCCN(CCOC)C1=C(c2cccs2)C(=O)N(c2ccc(C(F)(F)F)cc2)C1=O. The van der Waals surface area contributed by atoms with Crippen LogP contribution in [0.3, 0.4) is 0 Å². The third kappa shape index (κ3) is 4.81. The van der Waals surface area contributed by atoms with Gasteiger partial charge in [-0.05, 0) is 35.7 Å². The molecule has 1 aliphatic heterocycles. The van der Waals surface area contributed by atoms with Crippen LogP contribution in [0.15, 0.2) is 47.5 Å². The predicted octanol–water partition coefficient (Wildman–Crippen LogP) is 3.65. The summed E-state index contributed by atoms with van der Waals surface area (Å²) < 4.78 is 49.0. The van der Waals surface area contributed by atoms with Gasteiger partial charge >= 0.3 is 6.18 Å². The highest BCUT2D eigenvalue weighted by molar-refractivity contribution is 7.11. The summed E-state index contributed by atoms with van der Waals surface area (Å²) in [4.78, 5) is 29.9. The average molecular weight is 454 g/mol. The number of imide groups is 1. The van der Waals surface area contributed by atoms with Gasteiger partial charge in [-0.3, -0.25) is 9.59 Å². The van der Waals surface area contributed by atoms with Gasteiger partial charge in [-0.15, -0.1) is 11.3 Å². The maximum atomic E-state index is 13.4. The fraction of sp³-hybridized carbons (Fsp3) is 0.333. The molecule has 0 spiro atoms. The van der Waals surface area contributed by atoms with E-state index in [1.807, 2.05) is 0 Å². The van der Waals surface area contributed by atoms with E-state index in [0.29, 0.717) is 31.2 Å². The number of ether oxygens (including phenoxy) is 2. The highest BCUT2D eigenvalue weighted by Crippen LogP contribution is 2.37. The van der Waals surface area contributed by atoms with Gasteiger partial charge in [0.15, 0.2) is 0 Å². The molecule has 3 rings (SSSR count). The lowest BCUT2D eigenvalue weighted by Crippen LogP contribution is -2.37. The zero-order valence-corrected chi connectivity index (χ0v) is 17.8. The Labute approximate surface area is 181 Å². The van der Waals surface area contributed by atoms with E-state index in [9.17, 15) is 22.8 Å². The lowest BCUT2D eigenvalue weighted by atomic mass is 10.1. The molecule has 0 aliphatic carbocycles. The average Bonchev–Trinajstić information content (AvgIpc) is 3.34. The molecule has 0 radical (unpaired) electrons. The predicted molar refractivity (Wildman–Crippen MR) is 111 cm³/mol. The van der Waals surface area contributed by atoms with Crippen LogP contribution in [0.2, 0.25) is 0 Å². The van der Waals surface area contributed by atoms with Gasteiger partial charge in [-0.1, -0.05) is 6.07 Å². The van der Waals surface area contributed by atoms with E-state index in [1.165, 1.54) is 25.6 Å². The molecule has 166 valence electrons. The Kier molecular flexibility index (Phi) is 7.14. The lowest BCUT2D eigenvalue weighted by molar-refractivity contribution is -0.137. The van der Waals surface area contributed by atoms with Crippen LogP contribution in [0.5, 0.6) is 0 Å². The Hall–Kier alpha value is -2.69. The molecule has 31 heavy (non-hydrogen) atoms. The van der Waals surface area contributed by atoms with Crippen LogP contribution in [0, 0.1) is 0 Å². The number of halogens is 3. The molecule has 0 bridgehead atoms. The summed E-state index contributed by atoms with van der Waals surface area (Å²) in [6, 6.07) is 7.45. The highest BCUT2D eigenvalue weighted by atomic mass is 32.1. The van der Waals surface area contributed by atoms with Crippen molar-refractivity contribution >= 4 is 34.4 Å². The van der Waals surface area contributed by atoms with E-state index < -0.39 is 23.6 Å². The van der Waals surface area contributed by atoms with Gasteiger partial charge in [0.25, 0.3) is 11.8 Å². The number of methoxy groups -OCH3 is 2. The first-order chi connectivity index (χ1) is 14.8. The van der Waals surface area contributed by atoms with E-state index in [-0.39, 0.29) is 17.0 Å². The number of carbonyl (C=O) groups is 2. The molecule has 2 heterocycles. The van der Waals surface area contributed by atoms with Gasteiger partial charge in [0.2, 0.25) is 0 Å². The number of benzene rings is 1. The maximum absolute atomic E-state index is 13.4. The number of hydrogen-bond acceptors (Lipinski definition) is 6. The first kappa shape index (κ1) is 23.0. The zero-order chi connectivity index (χ0) is 22.6. The van der Waals surface area contributed by atoms with Crippen molar-refractivity contribution in [3.8, 4) is 0 Å². The smallest absolute Gasteiger partial charge is 0.383 e. The third-order valence-electron chi connectivity index (χ3n) is 4.73. The van der Waals surface area contributed by atoms with E-state index in [4.69, 9.17) is 9.47 Å². The summed E-state index contributed by atoms with van der Waals surface area (Å²) in [5, 5.41) is 1.78. The lowest BCUT2D eigenvalue weighted by Gasteiger charge is -2.25. The molecular formula is C21H21F3N2O4S. The van der Waals surface area contributed by atoms with Crippen LogP contribution in [0.4, 0.5) is 18.9 Å². The third-order valence-corrected chi connectivity index (χ3v) is 5.61. The quantitative estimate of drug-likeness (QED) is 0.542. The molecule has 1 aliphatic rings. The summed E-state index contributed by atoms with van der Waals surface area (Å²) in [6.07, 6.45) is -4.51. The number of amides is 2. The minimum atomic E-state index is -4.51. The molecule has 6 nitrogen and oxygen atoms in total. The van der Waals surface area contributed by atoms with E-state index in [1.54, 1.807) is 22.4 Å². The van der Waals surface area contributed by atoms with Crippen molar-refractivity contribution in [2.24, 2.45) is 0 Å². The molecule has 0 N–H and O–H groups in total. The molecular weight excluding hydrogens is 433 g/mol. The van der Waals surface area contributed by atoms with Crippen molar-refractivity contribution in [1.29, 1.82) is 0 Å². The Bertz CT molecular complexity index is 948. The minimum Gasteiger partial charge on any atom is -0.383 e. The van der Waals surface area contributed by atoms with Gasteiger partial charge in [0, 0.05) is 32.2 Å². The number of hydrogen-bond donors (Lipinski definition) is 0. The molecule has 0 fully saturated rings. The van der Waals surface area contributed by atoms with Crippen molar-refractivity contribution in [3.05, 3.63) is 57.9 Å². The Morgan fingerprint density at radius 3 is 2.06 bits per heavy atom. The van der Waals surface area contributed by atoms with Gasteiger partial charge in [-0.25, -0.2) is 4.90 Å². The zero-order valence-electron chi connectivity index (χ0n) is 16.9. The highest BCUT2D eigenvalue weighted by Gasteiger charge is 2.43. The van der Waals surface area contributed by atoms with Crippen molar-refractivity contribution < 1.29 is 32.2 Å². The van der Waals surface area contributed by atoms with Crippen LogP contribution < -0.4 is 4.90 Å². The standard InChI is InChI=1S/C21H21F3N2O4S/c1-29-11-9-25(10-12-30-2)18-17(16-4-3-13-31-16)19(27)26(20(18)28)15-7-5-14(6-8-15)21(22,23)24/h3-8,13H,9-12H2,1-2H3. The van der Waals surface area contributed by atoms with Crippen LogP contribution in [0.1, 0.15) is 10.4 Å². The molecule has 1 aromatic heterocycles. The van der Waals surface area contributed by atoms with E-state index in [2.05, 4.69) is 0 Å². The topological polar surface area (TPSA) is 59.1 Å². The second-order valence-electron chi connectivity index (χ2n) is 6.66. The number of alkyl halides is 3. The van der Waals surface area contributed by atoms with Crippen LogP contribution >= 0.6 is 11.3 Å². The second-order valence-corrected chi connectivity index (χ2v) is 7.61. The van der Waals surface area contributed by atoms with Gasteiger partial charge in [0.1, 0.15) is 5.70 Å². The number of carbonyl (C=O) groups excluding carboxylic acids is 2. The fourth-order valence-corrected chi connectivity index (χ4v) is 3.99. The largest absolute Gasteiger partial charge is 0.416 e. The first-order valence-corrected chi connectivity index (χ1v) is 10.2. The normalized spacial score (nSPS) is 14.7. The van der Waals surface area contributed by atoms with Gasteiger partial charge < -0.3 is 14.4 Å². The van der Waals surface area contributed by atoms with Gasteiger partial charge in [-0.2, -0.15) is 13.2 Å². The van der Waals surface area contributed by atoms with E-state index in [0.717, 1.165) is 29.2 Å². The molecule has 0 unspecified atom stereocenters. The first-order valence-electron chi connectivity index (χ1n) is 9.36. The van der Waals surface area contributed by atoms with Crippen LogP contribution in [0.25, 0.3) is 5.57 Å². The maximum Gasteiger partial charge on any atom is 0.416 e. The summed E-state index contributed by atoms with van der Waals surface area (Å²) in [7, 11) is 3.05. The fourth-order valence-electron chi connectivity index (χ4n) is 3.23. The summed E-state index contributed by atoms with van der Waals surface area (Å²) in [5.41, 5.74) is -0.386. The van der Waals surface area contributed by atoms with E-state index >= 15 is 0 Å². The summed E-state index contributed by atoms with van der Waals surface area (Å²) in [5.74, 6) is -1.18. The number of nitrogens with zero attached hydrogens (tertiary/aromatic N) is 2. The van der Waals surface area contributed by atoms with Crippen LogP contribution in [-0.4, -0.2) is 57.2 Å². The molecule has 1 aromatic carbocycles. The van der Waals surface area contributed by atoms with Crippen molar-refractivity contribution in [1.82, 2.24) is 4.90 Å². The van der Waals surface area contributed by atoms with Gasteiger partial charge in [0.05, 0.1) is 30.0 Å². The Balaban J connectivity index is 2.04. The monoisotopic (exact) mass is 454 g/mol. The molecule has 0 atom stereocenters. The Morgan fingerprint density at radius 2 is 1.58 bits per heavy atom. The van der Waals surface area contributed by atoms with Crippen molar-refractivity contribution in [3.63, 3.8) is 0 Å². The molecule has 2 amide bonds. The van der Waals surface area contributed by atoms with Crippen molar-refractivity contribution in [2.45, 2.75) is 6.18 Å². The number of rotatable bonds is 9. The molecule has 0 saturated heterocycles. The molecule has 2 aromatic rings. The number of thiophene rings is 1. The molecule has 0 saturated carbocycles. The Morgan fingerprint density at radius 1 is 0.968 bits per heavy atom. The second kappa shape index (κ2) is 9.63. The molecule has 10 heteroatoms. The number of anilines is 1. The van der Waals surface area contributed by atoms with Crippen LogP contribution in [-0.2, 0) is 25.2 Å². The summed E-state index contributed by atoms with van der Waals surface area (Å²) in [6.45, 7) is 1.30.